The highest BCUT2D eigenvalue weighted by molar-refractivity contribution is 6.03. The molecule has 0 bridgehead atoms. The first-order chi connectivity index (χ1) is 14.5. The van der Waals surface area contributed by atoms with Gasteiger partial charge in [-0.25, -0.2) is 4.79 Å². The molecule has 0 radical (unpaired) electrons. The van der Waals surface area contributed by atoms with Crippen LogP contribution in [-0.2, 0) is 0 Å². The van der Waals surface area contributed by atoms with Crippen LogP contribution in [0.1, 0.15) is 37.4 Å². The highest BCUT2D eigenvalue weighted by Crippen LogP contribution is 2.27. The van der Waals surface area contributed by atoms with E-state index < -0.39 is 10.5 Å². The summed E-state index contributed by atoms with van der Waals surface area (Å²) in [7, 11) is 0. The summed E-state index contributed by atoms with van der Waals surface area (Å²) < 4.78 is 5.60. The maximum absolute atomic E-state index is 12.6. The number of benzene rings is 2. The molecule has 1 aliphatic heterocycles. The van der Waals surface area contributed by atoms with Gasteiger partial charge in [-0.2, -0.15) is 5.10 Å². The largest absolute Gasteiger partial charge is 0.422 e. The van der Waals surface area contributed by atoms with Crippen molar-refractivity contribution in [2.24, 2.45) is 5.10 Å². The minimum Gasteiger partial charge on any atom is -0.422 e. The quantitative estimate of drug-likeness (QED) is 0.377. The molecule has 2 heterocycles. The van der Waals surface area contributed by atoms with Gasteiger partial charge in [0.15, 0.2) is 0 Å². The van der Waals surface area contributed by atoms with E-state index in [9.17, 15) is 14.9 Å². The summed E-state index contributed by atoms with van der Waals surface area (Å²) in [6.45, 7) is 5.91. The SMILES string of the molecule is CCN(CC)c1ccc2cc(C3=NNC(c4ccc([N+](=O)[O-])cc4)C3)c(=O)oc2c1. The lowest BCUT2D eigenvalue weighted by Crippen LogP contribution is -2.21. The summed E-state index contributed by atoms with van der Waals surface area (Å²) in [6, 6.07) is 13.9. The topological polar surface area (TPSA) is 101 Å². The number of hydrogen-bond acceptors (Lipinski definition) is 7. The van der Waals surface area contributed by atoms with Crippen molar-refractivity contribution >= 4 is 28.1 Å². The summed E-state index contributed by atoms with van der Waals surface area (Å²) in [4.78, 5) is 25.2. The molecule has 1 unspecified atom stereocenters. The van der Waals surface area contributed by atoms with Crippen LogP contribution in [0.25, 0.3) is 11.0 Å². The Morgan fingerprint density at radius 3 is 2.57 bits per heavy atom. The van der Waals surface area contributed by atoms with Crippen molar-refractivity contribution < 1.29 is 9.34 Å². The van der Waals surface area contributed by atoms with Crippen molar-refractivity contribution in [1.82, 2.24) is 5.43 Å². The Morgan fingerprint density at radius 1 is 1.17 bits per heavy atom. The molecule has 0 fully saturated rings. The van der Waals surface area contributed by atoms with Crippen molar-refractivity contribution in [3.8, 4) is 0 Å². The number of hydrogen-bond donors (Lipinski definition) is 1. The Balaban J connectivity index is 1.59. The van der Waals surface area contributed by atoms with Crippen LogP contribution in [0.4, 0.5) is 11.4 Å². The monoisotopic (exact) mass is 406 g/mol. The van der Waals surface area contributed by atoms with E-state index in [-0.39, 0.29) is 11.7 Å². The van der Waals surface area contributed by atoms with Gasteiger partial charge in [0, 0.05) is 48.8 Å². The minimum absolute atomic E-state index is 0.0390. The summed E-state index contributed by atoms with van der Waals surface area (Å²) in [5.41, 5.74) is 6.10. The normalized spacial score (nSPS) is 15.7. The van der Waals surface area contributed by atoms with Crippen LogP contribution in [0.15, 0.2) is 62.8 Å². The fourth-order valence-corrected chi connectivity index (χ4v) is 3.72. The maximum Gasteiger partial charge on any atom is 0.345 e. The molecule has 3 aromatic rings. The highest BCUT2D eigenvalue weighted by atomic mass is 16.6. The molecular weight excluding hydrogens is 384 g/mol. The second kappa shape index (κ2) is 7.98. The molecule has 2 aromatic carbocycles. The summed E-state index contributed by atoms with van der Waals surface area (Å²) in [6.07, 6.45) is 0.492. The third kappa shape index (κ3) is 3.63. The summed E-state index contributed by atoms with van der Waals surface area (Å²) >= 11 is 0. The molecule has 1 aromatic heterocycles. The van der Waals surface area contributed by atoms with Crippen LogP contribution in [0.2, 0.25) is 0 Å². The molecule has 30 heavy (non-hydrogen) atoms. The summed E-state index contributed by atoms with van der Waals surface area (Å²) in [5.74, 6) is 0. The second-order valence-electron chi connectivity index (χ2n) is 7.13. The molecule has 0 saturated heterocycles. The van der Waals surface area contributed by atoms with E-state index in [1.165, 1.54) is 12.1 Å². The van der Waals surface area contributed by atoms with Crippen molar-refractivity contribution in [2.75, 3.05) is 18.0 Å². The van der Waals surface area contributed by atoms with E-state index in [2.05, 4.69) is 29.3 Å². The standard InChI is InChI=1S/C22H22N4O4/c1-3-25(4-2)17-10-7-15-11-18(22(27)30-21(15)12-17)20-13-19(23-24-20)14-5-8-16(9-6-14)26(28)29/h5-12,19,23H,3-4,13H2,1-2H3. The fourth-order valence-electron chi connectivity index (χ4n) is 3.72. The molecule has 8 heteroatoms. The lowest BCUT2D eigenvalue weighted by atomic mass is 9.99. The smallest absolute Gasteiger partial charge is 0.345 e. The Labute approximate surface area is 173 Å². The number of non-ortho nitro benzene ring substituents is 1. The first-order valence-corrected chi connectivity index (χ1v) is 9.89. The van der Waals surface area contributed by atoms with Crippen LogP contribution in [0, 0.1) is 10.1 Å². The Bertz CT molecular complexity index is 1180. The zero-order valence-corrected chi connectivity index (χ0v) is 16.8. The van der Waals surface area contributed by atoms with Crippen molar-refractivity contribution in [2.45, 2.75) is 26.3 Å². The van der Waals surface area contributed by atoms with Gasteiger partial charge in [-0.3, -0.25) is 10.1 Å². The summed E-state index contributed by atoms with van der Waals surface area (Å²) in [5, 5.41) is 16.0. The molecule has 154 valence electrons. The maximum atomic E-state index is 12.6. The van der Waals surface area contributed by atoms with Gasteiger partial charge in [-0.1, -0.05) is 12.1 Å². The van der Waals surface area contributed by atoms with E-state index in [1.54, 1.807) is 12.1 Å². The van der Waals surface area contributed by atoms with Gasteiger partial charge in [-0.15, -0.1) is 0 Å². The highest BCUT2D eigenvalue weighted by Gasteiger charge is 2.24. The van der Waals surface area contributed by atoms with E-state index >= 15 is 0 Å². The molecule has 0 spiro atoms. The lowest BCUT2D eigenvalue weighted by molar-refractivity contribution is -0.384. The van der Waals surface area contributed by atoms with Gasteiger partial charge < -0.3 is 14.7 Å². The number of nitrogens with zero attached hydrogens (tertiary/aromatic N) is 3. The van der Waals surface area contributed by atoms with E-state index in [4.69, 9.17) is 4.42 Å². The number of nitro benzene ring substituents is 1. The third-order valence-electron chi connectivity index (χ3n) is 5.42. The number of nitro groups is 1. The lowest BCUT2D eigenvalue weighted by Gasteiger charge is -2.21. The van der Waals surface area contributed by atoms with Crippen LogP contribution >= 0.6 is 0 Å². The van der Waals surface area contributed by atoms with Gasteiger partial charge in [-0.05, 0) is 37.6 Å². The molecular formula is C22H22N4O4. The van der Waals surface area contributed by atoms with Gasteiger partial charge in [0.1, 0.15) is 5.58 Å². The molecule has 8 nitrogen and oxygen atoms in total. The van der Waals surface area contributed by atoms with Crippen LogP contribution in [0.5, 0.6) is 0 Å². The molecule has 1 atom stereocenters. The Hall–Kier alpha value is -3.68. The minimum atomic E-state index is -0.431. The zero-order chi connectivity index (χ0) is 21.3. The molecule has 4 rings (SSSR count). The molecule has 1 N–H and O–H groups in total. The average molecular weight is 406 g/mol. The first kappa shape index (κ1) is 19.6. The second-order valence-corrected chi connectivity index (χ2v) is 7.13. The fraction of sp³-hybridized carbons (Fsp3) is 0.273. The predicted octanol–water partition coefficient (Wildman–Crippen LogP) is 3.99. The predicted molar refractivity (Wildman–Crippen MR) is 116 cm³/mol. The Kier molecular flexibility index (Phi) is 5.22. The van der Waals surface area contributed by atoms with Crippen molar-refractivity contribution in [1.29, 1.82) is 0 Å². The van der Waals surface area contributed by atoms with Crippen LogP contribution < -0.4 is 16.0 Å². The number of rotatable bonds is 6. The van der Waals surface area contributed by atoms with E-state index in [0.29, 0.717) is 23.3 Å². The van der Waals surface area contributed by atoms with Crippen molar-refractivity contribution in [3.63, 3.8) is 0 Å². The van der Waals surface area contributed by atoms with Gasteiger partial charge in [0.25, 0.3) is 5.69 Å². The van der Waals surface area contributed by atoms with Crippen LogP contribution in [0.3, 0.4) is 0 Å². The number of fused-ring (bicyclic) bond motifs is 1. The third-order valence-corrected chi connectivity index (χ3v) is 5.42. The van der Waals surface area contributed by atoms with Gasteiger partial charge >= 0.3 is 5.63 Å². The van der Waals surface area contributed by atoms with E-state index in [1.807, 2.05) is 24.3 Å². The molecule has 1 aliphatic rings. The number of nitrogens with one attached hydrogen (secondary N) is 1. The molecule has 0 aliphatic carbocycles. The number of hydrazone groups is 1. The van der Waals surface area contributed by atoms with Gasteiger partial charge in [0.05, 0.1) is 22.2 Å². The van der Waals surface area contributed by atoms with Gasteiger partial charge in [0.2, 0.25) is 0 Å². The number of anilines is 1. The Morgan fingerprint density at radius 2 is 1.90 bits per heavy atom. The van der Waals surface area contributed by atoms with Crippen LogP contribution in [-0.4, -0.2) is 23.7 Å². The first-order valence-electron chi connectivity index (χ1n) is 9.89. The van der Waals surface area contributed by atoms with E-state index in [0.717, 1.165) is 29.7 Å². The van der Waals surface area contributed by atoms with Crippen molar-refractivity contribution in [3.05, 3.63) is 80.2 Å². The zero-order valence-electron chi connectivity index (χ0n) is 16.8. The average Bonchev–Trinajstić information content (AvgIpc) is 3.24. The molecule has 0 saturated carbocycles. The molecule has 0 amide bonds.